The summed E-state index contributed by atoms with van der Waals surface area (Å²) in [4.78, 5) is 0. The molecule has 0 fully saturated rings. The van der Waals surface area contributed by atoms with Crippen LogP contribution >= 0.6 is 12.4 Å². The molecule has 96 valence electrons. The van der Waals surface area contributed by atoms with Gasteiger partial charge < -0.3 is 10.1 Å². The minimum absolute atomic E-state index is 0. The Kier molecular flexibility index (Phi) is 8.55. The van der Waals surface area contributed by atoms with Gasteiger partial charge in [0.1, 0.15) is 12.4 Å². The summed E-state index contributed by atoms with van der Waals surface area (Å²) in [6.45, 7) is 9.47. The molecular formula is C14H22ClNO. The van der Waals surface area contributed by atoms with Gasteiger partial charge in [-0.25, -0.2) is 0 Å². The third-order valence-corrected chi connectivity index (χ3v) is 2.56. The first-order chi connectivity index (χ1) is 7.76. The van der Waals surface area contributed by atoms with Gasteiger partial charge in [-0.3, -0.25) is 0 Å². The fraction of sp³-hybridized carbons (Fsp3) is 0.429. The zero-order valence-electron chi connectivity index (χ0n) is 10.6. The molecule has 1 aromatic carbocycles. The smallest absolute Gasteiger partial charge is 0.119 e. The van der Waals surface area contributed by atoms with E-state index in [1.807, 2.05) is 12.1 Å². The average molecular weight is 256 g/mol. The molecule has 1 rings (SSSR count). The van der Waals surface area contributed by atoms with E-state index in [0.717, 1.165) is 18.7 Å². The van der Waals surface area contributed by atoms with Gasteiger partial charge in [0.25, 0.3) is 0 Å². The standard InChI is InChI=1S/C14H21NO.ClH/c1-4-10-16-14-8-6-13(7-9-14)11-15-12(3)5-2;/h4,6-9,12,15H,1,5,10-11H2,2-3H3;1H. The molecule has 0 aliphatic carbocycles. The Labute approximate surface area is 110 Å². The molecule has 1 unspecified atom stereocenters. The Morgan fingerprint density at radius 3 is 2.53 bits per heavy atom. The first-order valence-corrected chi connectivity index (χ1v) is 5.82. The molecule has 0 amide bonds. The summed E-state index contributed by atoms with van der Waals surface area (Å²) >= 11 is 0. The number of rotatable bonds is 7. The lowest BCUT2D eigenvalue weighted by Crippen LogP contribution is -2.24. The van der Waals surface area contributed by atoms with Crippen LogP contribution in [0.4, 0.5) is 0 Å². The molecule has 0 aliphatic rings. The van der Waals surface area contributed by atoms with Crippen molar-refractivity contribution in [1.82, 2.24) is 5.32 Å². The van der Waals surface area contributed by atoms with Gasteiger partial charge in [0.2, 0.25) is 0 Å². The van der Waals surface area contributed by atoms with Gasteiger partial charge >= 0.3 is 0 Å². The second kappa shape index (κ2) is 9.08. The summed E-state index contributed by atoms with van der Waals surface area (Å²) in [5.41, 5.74) is 1.28. The van der Waals surface area contributed by atoms with E-state index in [0.29, 0.717) is 12.6 Å². The third kappa shape index (κ3) is 6.35. The number of halogens is 1. The highest BCUT2D eigenvalue weighted by molar-refractivity contribution is 5.85. The molecule has 3 heteroatoms. The molecule has 0 aromatic heterocycles. The Balaban J connectivity index is 0.00000256. The van der Waals surface area contributed by atoms with E-state index in [9.17, 15) is 0 Å². The quantitative estimate of drug-likeness (QED) is 0.753. The minimum atomic E-state index is 0. The first kappa shape index (κ1) is 16.0. The number of ether oxygens (including phenoxy) is 1. The van der Waals surface area contributed by atoms with Crippen molar-refractivity contribution < 1.29 is 4.74 Å². The molecule has 1 aromatic rings. The average Bonchev–Trinajstić information content (AvgIpc) is 2.34. The maximum Gasteiger partial charge on any atom is 0.119 e. The SMILES string of the molecule is C=CCOc1ccc(CNC(C)CC)cc1.Cl. The lowest BCUT2D eigenvalue weighted by atomic mass is 10.2. The molecule has 0 saturated carbocycles. The highest BCUT2D eigenvalue weighted by Gasteiger charge is 1.98. The molecule has 1 atom stereocenters. The predicted molar refractivity (Wildman–Crippen MR) is 76.0 cm³/mol. The van der Waals surface area contributed by atoms with Crippen LogP contribution in [0, 0.1) is 0 Å². The lowest BCUT2D eigenvalue weighted by molar-refractivity contribution is 0.363. The maximum absolute atomic E-state index is 5.42. The molecule has 0 spiro atoms. The molecule has 0 saturated heterocycles. The van der Waals surface area contributed by atoms with Crippen LogP contribution in [0.5, 0.6) is 5.75 Å². The van der Waals surface area contributed by atoms with Crippen LogP contribution < -0.4 is 10.1 Å². The van der Waals surface area contributed by atoms with Crippen molar-refractivity contribution in [2.75, 3.05) is 6.61 Å². The summed E-state index contributed by atoms with van der Waals surface area (Å²) in [7, 11) is 0. The van der Waals surface area contributed by atoms with Crippen molar-refractivity contribution in [1.29, 1.82) is 0 Å². The van der Waals surface area contributed by atoms with Gasteiger partial charge in [0.15, 0.2) is 0 Å². The van der Waals surface area contributed by atoms with Crippen molar-refractivity contribution in [3.8, 4) is 5.75 Å². The van der Waals surface area contributed by atoms with E-state index in [-0.39, 0.29) is 12.4 Å². The number of hydrogen-bond acceptors (Lipinski definition) is 2. The first-order valence-electron chi connectivity index (χ1n) is 5.82. The molecule has 0 bridgehead atoms. The highest BCUT2D eigenvalue weighted by atomic mass is 35.5. The van der Waals surface area contributed by atoms with Gasteiger partial charge in [-0.2, -0.15) is 0 Å². The van der Waals surface area contributed by atoms with E-state index in [2.05, 4.69) is 37.9 Å². The highest BCUT2D eigenvalue weighted by Crippen LogP contribution is 2.12. The predicted octanol–water partition coefficient (Wildman–Crippen LogP) is 3.56. The fourth-order valence-corrected chi connectivity index (χ4v) is 1.30. The van der Waals surface area contributed by atoms with Gasteiger partial charge in [-0.1, -0.05) is 31.7 Å². The molecule has 2 nitrogen and oxygen atoms in total. The van der Waals surface area contributed by atoms with Crippen molar-refractivity contribution in [3.63, 3.8) is 0 Å². The lowest BCUT2D eigenvalue weighted by Gasteiger charge is -2.11. The van der Waals surface area contributed by atoms with Gasteiger partial charge in [0, 0.05) is 12.6 Å². The molecule has 17 heavy (non-hydrogen) atoms. The Hall–Kier alpha value is -0.990. The van der Waals surface area contributed by atoms with E-state index < -0.39 is 0 Å². The second-order valence-electron chi connectivity index (χ2n) is 3.93. The molecule has 1 N–H and O–H groups in total. The topological polar surface area (TPSA) is 21.3 Å². The van der Waals surface area contributed by atoms with Crippen molar-refractivity contribution in [3.05, 3.63) is 42.5 Å². The largest absolute Gasteiger partial charge is 0.490 e. The molecule has 0 heterocycles. The van der Waals surface area contributed by atoms with Gasteiger partial charge in [0.05, 0.1) is 0 Å². The number of benzene rings is 1. The van der Waals surface area contributed by atoms with Crippen LogP contribution in [0.1, 0.15) is 25.8 Å². The number of nitrogens with one attached hydrogen (secondary N) is 1. The van der Waals surface area contributed by atoms with E-state index in [1.54, 1.807) is 6.08 Å². The zero-order valence-corrected chi connectivity index (χ0v) is 11.4. The summed E-state index contributed by atoms with van der Waals surface area (Å²) in [6, 6.07) is 8.74. The van der Waals surface area contributed by atoms with E-state index in [1.165, 1.54) is 5.56 Å². The van der Waals surface area contributed by atoms with Crippen LogP contribution in [0.25, 0.3) is 0 Å². The van der Waals surface area contributed by atoms with Gasteiger partial charge in [-0.05, 0) is 31.0 Å². The van der Waals surface area contributed by atoms with E-state index in [4.69, 9.17) is 4.74 Å². The van der Waals surface area contributed by atoms with Gasteiger partial charge in [-0.15, -0.1) is 12.4 Å². The second-order valence-corrected chi connectivity index (χ2v) is 3.93. The zero-order chi connectivity index (χ0) is 11.8. The minimum Gasteiger partial charge on any atom is -0.490 e. The molecular weight excluding hydrogens is 234 g/mol. The van der Waals surface area contributed by atoms with Crippen LogP contribution in [-0.4, -0.2) is 12.6 Å². The third-order valence-electron chi connectivity index (χ3n) is 2.56. The van der Waals surface area contributed by atoms with Crippen LogP contribution in [0.15, 0.2) is 36.9 Å². The summed E-state index contributed by atoms with van der Waals surface area (Å²) in [5, 5.41) is 3.45. The summed E-state index contributed by atoms with van der Waals surface area (Å²) in [6.07, 6.45) is 2.90. The Bertz CT molecular complexity index is 311. The van der Waals surface area contributed by atoms with Crippen molar-refractivity contribution in [2.45, 2.75) is 32.9 Å². The molecule has 0 aliphatic heterocycles. The van der Waals surface area contributed by atoms with Crippen molar-refractivity contribution in [2.24, 2.45) is 0 Å². The van der Waals surface area contributed by atoms with Crippen LogP contribution in [0.3, 0.4) is 0 Å². The Morgan fingerprint density at radius 2 is 2.00 bits per heavy atom. The summed E-state index contributed by atoms with van der Waals surface area (Å²) < 4.78 is 5.42. The van der Waals surface area contributed by atoms with Crippen LogP contribution in [0.2, 0.25) is 0 Å². The normalized spacial score (nSPS) is 11.4. The van der Waals surface area contributed by atoms with E-state index >= 15 is 0 Å². The van der Waals surface area contributed by atoms with Crippen LogP contribution in [-0.2, 0) is 6.54 Å². The fourth-order valence-electron chi connectivity index (χ4n) is 1.30. The Morgan fingerprint density at radius 1 is 1.35 bits per heavy atom. The maximum atomic E-state index is 5.42. The number of hydrogen-bond donors (Lipinski definition) is 1. The monoisotopic (exact) mass is 255 g/mol. The summed E-state index contributed by atoms with van der Waals surface area (Å²) in [5.74, 6) is 0.896. The van der Waals surface area contributed by atoms with Crippen molar-refractivity contribution >= 4 is 12.4 Å². The molecule has 0 radical (unpaired) electrons.